The van der Waals surface area contributed by atoms with Crippen molar-refractivity contribution in [3.8, 4) is 0 Å². The maximum Gasteiger partial charge on any atom is 0.124 e. The van der Waals surface area contributed by atoms with Gasteiger partial charge in [0, 0.05) is 19.2 Å². The minimum absolute atomic E-state index is 0.280. The van der Waals surface area contributed by atoms with E-state index in [0.29, 0.717) is 12.6 Å². The number of anilines is 1. The summed E-state index contributed by atoms with van der Waals surface area (Å²) in [5.41, 5.74) is 7.21. The minimum Gasteiger partial charge on any atom is -0.370 e. The van der Waals surface area contributed by atoms with Crippen molar-refractivity contribution in [2.45, 2.75) is 39.7 Å². The first-order valence-corrected chi connectivity index (χ1v) is 6.02. The molecule has 1 aliphatic heterocycles. The Hall–Kier alpha value is -1.03. The maximum atomic E-state index is 5.77. The van der Waals surface area contributed by atoms with Crippen molar-refractivity contribution in [1.29, 1.82) is 0 Å². The van der Waals surface area contributed by atoms with Gasteiger partial charge in [0.1, 0.15) is 5.82 Å². The molecule has 0 bridgehead atoms. The summed E-state index contributed by atoms with van der Waals surface area (Å²) in [4.78, 5) is 0. The van der Waals surface area contributed by atoms with Gasteiger partial charge in [0.05, 0.1) is 11.7 Å². The molecule has 2 rings (SSSR count). The van der Waals surface area contributed by atoms with Crippen LogP contribution < -0.4 is 11.1 Å². The van der Waals surface area contributed by atoms with E-state index >= 15 is 0 Å². The third-order valence-corrected chi connectivity index (χ3v) is 2.90. The second kappa shape index (κ2) is 4.09. The molecular weight excluding hydrogens is 200 g/mol. The minimum atomic E-state index is 0.280. The summed E-state index contributed by atoms with van der Waals surface area (Å²) in [6.45, 7) is 8.38. The van der Waals surface area contributed by atoms with Crippen LogP contribution in [-0.4, -0.2) is 22.9 Å². The maximum absolute atomic E-state index is 5.77. The molecule has 1 atom stereocenters. The molecule has 0 amide bonds. The second-order valence-electron chi connectivity index (χ2n) is 5.81. The zero-order valence-electron chi connectivity index (χ0n) is 10.5. The van der Waals surface area contributed by atoms with Crippen LogP contribution in [-0.2, 0) is 6.42 Å². The van der Waals surface area contributed by atoms with E-state index in [0.717, 1.165) is 30.9 Å². The first-order chi connectivity index (χ1) is 7.49. The molecule has 1 unspecified atom stereocenters. The summed E-state index contributed by atoms with van der Waals surface area (Å²) in [5, 5.41) is 8.04. The van der Waals surface area contributed by atoms with Gasteiger partial charge in [0.2, 0.25) is 0 Å². The highest BCUT2D eigenvalue weighted by Crippen LogP contribution is 2.26. The molecule has 1 aromatic rings. The fourth-order valence-corrected chi connectivity index (χ4v) is 2.19. The Bertz CT molecular complexity index is 362. The largest absolute Gasteiger partial charge is 0.370 e. The lowest BCUT2D eigenvalue weighted by atomic mass is 9.91. The van der Waals surface area contributed by atoms with Crippen LogP contribution >= 0.6 is 0 Å². The lowest BCUT2D eigenvalue weighted by Crippen LogP contribution is -2.28. The van der Waals surface area contributed by atoms with Gasteiger partial charge in [0.15, 0.2) is 0 Å². The van der Waals surface area contributed by atoms with Gasteiger partial charge >= 0.3 is 0 Å². The highest BCUT2D eigenvalue weighted by molar-refractivity contribution is 5.39. The molecule has 0 fully saturated rings. The third-order valence-electron chi connectivity index (χ3n) is 2.90. The predicted octanol–water partition coefficient (Wildman–Crippen LogP) is 1.79. The van der Waals surface area contributed by atoms with E-state index in [-0.39, 0.29) is 5.41 Å². The molecule has 1 aromatic heterocycles. The van der Waals surface area contributed by atoms with Crippen LogP contribution in [0, 0.1) is 5.41 Å². The normalized spacial score (nSPS) is 20.4. The zero-order chi connectivity index (χ0) is 11.8. The highest BCUT2D eigenvalue weighted by atomic mass is 15.4. The number of fused-ring (bicyclic) bond motifs is 1. The number of hydrogen-bond acceptors (Lipinski definition) is 3. The molecule has 90 valence electrons. The third kappa shape index (κ3) is 2.38. The smallest absolute Gasteiger partial charge is 0.124 e. The van der Waals surface area contributed by atoms with E-state index in [1.807, 2.05) is 0 Å². The van der Waals surface area contributed by atoms with Crippen molar-refractivity contribution in [3.63, 3.8) is 0 Å². The highest BCUT2D eigenvalue weighted by Gasteiger charge is 2.22. The molecule has 1 aliphatic rings. The molecule has 0 saturated carbocycles. The van der Waals surface area contributed by atoms with Crippen molar-refractivity contribution in [2.75, 3.05) is 18.4 Å². The molecule has 0 aliphatic carbocycles. The fourth-order valence-electron chi connectivity index (χ4n) is 2.19. The first-order valence-electron chi connectivity index (χ1n) is 6.02. The number of hydrogen-bond donors (Lipinski definition) is 2. The summed E-state index contributed by atoms with van der Waals surface area (Å²) in [6.07, 6.45) is 2.08. The van der Waals surface area contributed by atoms with Crippen molar-refractivity contribution in [3.05, 3.63) is 11.8 Å². The molecule has 0 radical (unpaired) electrons. The van der Waals surface area contributed by atoms with Gasteiger partial charge in [-0.05, 0) is 18.3 Å². The molecule has 4 nitrogen and oxygen atoms in total. The fraction of sp³-hybridized carbons (Fsp3) is 0.750. The Morgan fingerprint density at radius 1 is 1.56 bits per heavy atom. The summed E-state index contributed by atoms with van der Waals surface area (Å²) in [7, 11) is 0. The van der Waals surface area contributed by atoms with Gasteiger partial charge in [-0.1, -0.05) is 20.8 Å². The van der Waals surface area contributed by atoms with Crippen LogP contribution in [0.15, 0.2) is 6.07 Å². The van der Waals surface area contributed by atoms with Crippen LogP contribution in [0.3, 0.4) is 0 Å². The van der Waals surface area contributed by atoms with Gasteiger partial charge in [-0.15, -0.1) is 0 Å². The Labute approximate surface area is 97.2 Å². The molecule has 16 heavy (non-hydrogen) atoms. The molecule has 0 aromatic carbocycles. The lowest BCUT2D eigenvalue weighted by Gasteiger charge is -2.24. The van der Waals surface area contributed by atoms with Gasteiger partial charge < -0.3 is 11.1 Å². The SMILES string of the molecule is CC(C)(C)Cc1cc2n(n1)C(CN)CCN2. The van der Waals surface area contributed by atoms with Crippen molar-refractivity contribution in [2.24, 2.45) is 11.1 Å². The van der Waals surface area contributed by atoms with Gasteiger partial charge in [0.25, 0.3) is 0 Å². The van der Waals surface area contributed by atoms with Crippen LogP contribution in [0.25, 0.3) is 0 Å². The number of nitrogens with zero attached hydrogens (tertiary/aromatic N) is 2. The molecule has 4 heteroatoms. The van der Waals surface area contributed by atoms with Crippen LogP contribution in [0.5, 0.6) is 0 Å². The summed E-state index contributed by atoms with van der Waals surface area (Å²) < 4.78 is 2.06. The molecule has 3 N–H and O–H groups in total. The summed E-state index contributed by atoms with van der Waals surface area (Å²) >= 11 is 0. The van der Waals surface area contributed by atoms with Gasteiger partial charge in [-0.3, -0.25) is 0 Å². The van der Waals surface area contributed by atoms with Crippen molar-refractivity contribution < 1.29 is 0 Å². The van der Waals surface area contributed by atoms with Gasteiger partial charge in [-0.2, -0.15) is 5.10 Å². The second-order valence-corrected chi connectivity index (χ2v) is 5.81. The molecular formula is C12H22N4. The number of rotatable bonds is 2. The van der Waals surface area contributed by atoms with E-state index in [4.69, 9.17) is 5.73 Å². The number of nitrogens with one attached hydrogen (secondary N) is 1. The van der Waals surface area contributed by atoms with Crippen molar-refractivity contribution >= 4 is 5.82 Å². The number of nitrogens with two attached hydrogens (primary N) is 1. The predicted molar refractivity (Wildman–Crippen MR) is 66.6 cm³/mol. The van der Waals surface area contributed by atoms with Crippen molar-refractivity contribution in [1.82, 2.24) is 9.78 Å². The summed E-state index contributed by atoms with van der Waals surface area (Å²) in [6, 6.07) is 2.53. The Morgan fingerprint density at radius 2 is 2.31 bits per heavy atom. The van der Waals surface area contributed by atoms with Crippen LogP contribution in [0.4, 0.5) is 5.82 Å². The lowest BCUT2D eigenvalue weighted by molar-refractivity contribution is 0.390. The molecule has 0 saturated heterocycles. The standard InChI is InChI=1S/C12H22N4/c1-12(2,3)7-9-6-11-14-5-4-10(8-13)16(11)15-9/h6,10,14H,4-5,7-8,13H2,1-3H3. The quantitative estimate of drug-likeness (QED) is 0.802. The van der Waals surface area contributed by atoms with Crippen LogP contribution in [0.1, 0.15) is 38.9 Å². The van der Waals surface area contributed by atoms with Crippen LogP contribution in [0.2, 0.25) is 0 Å². The Morgan fingerprint density at radius 3 is 2.94 bits per heavy atom. The number of aromatic nitrogens is 2. The Kier molecular flexibility index (Phi) is 2.93. The van der Waals surface area contributed by atoms with E-state index in [9.17, 15) is 0 Å². The topological polar surface area (TPSA) is 55.9 Å². The Balaban J connectivity index is 2.22. The average molecular weight is 222 g/mol. The molecule has 2 heterocycles. The average Bonchev–Trinajstić information content (AvgIpc) is 2.56. The van der Waals surface area contributed by atoms with E-state index < -0.39 is 0 Å². The van der Waals surface area contributed by atoms with E-state index in [1.54, 1.807) is 0 Å². The monoisotopic (exact) mass is 222 g/mol. The van der Waals surface area contributed by atoms with E-state index in [2.05, 4.69) is 41.9 Å². The first kappa shape index (κ1) is 11.5. The summed E-state index contributed by atoms with van der Waals surface area (Å²) in [5.74, 6) is 1.13. The van der Waals surface area contributed by atoms with E-state index in [1.165, 1.54) is 0 Å². The van der Waals surface area contributed by atoms with Gasteiger partial charge in [-0.25, -0.2) is 4.68 Å². The zero-order valence-corrected chi connectivity index (χ0v) is 10.5. The molecule has 0 spiro atoms.